The van der Waals surface area contributed by atoms with E-state index in [0.29, 0.717) is 0 Å². The molecule has 292 valence electrons. The second kappa shape index (κ2) is 15.4. The van der Waals surface area contributed by atoms with E-state index in [1.54, 1.807) is 6.08 Å². The van der Waals surface area contributed by atoms with Crippen LogP contribution >= 0.6 is 0 Å². The van der Waals surface area contributed by atoms with Gasteiger partial charge in [-0.05, 0) is 132 Å². The van der Waals surface area contributed by atoms with Crippen LogP contribution in [0.4, 0.5) is 17.1 Å². The number of para-hydroxylation sites is 1. The minimum atomic E-state index is 1.04. The van der Waals surface area contributed by atoms with Gasteiger partial charge in [0.2, 0.25) is 0 Å². The molecule has 10 aromatic carbocycles. The number of allylic oxidation sites excluding steroid dienone is 4. The quantitative estimate of drug-likeness (QED) is 0.104. The Labute approximate surface area is 361 Å². The fourth-order valence-electron chi connectivity index (χ4n) is 9.36. The Kier molecular flexibility index (Phi) is 9.17. The monoisotopic (exact) mass is 790 g/mol. The molecule has 0 unspecified atom stereocenters. The molecule has 0 fully saturated rings. The van der Waals surface area contributed by atoms with Crippen LogP contribution < -0.4 is 4.90 Å². The van der Waals surface area contributed by atoms with E-state index in [1.807, 2.05) is 12.2 Å². The van der Waals surface area contributed by atoms with E-state index in [-0.39, 0.29) is 0 Å². The van der Waals surface area contributed by atoms with Gasteiger partial charge in [-0.2, -0.15) is 0 Å². The zero-order chi connectivity index (χ0) is 41.6. The lowest BCUT2D eigenvalue weighted by Gasteiger charge is -2.26. The largest absolute Gasteiger partial charge is 0.311 e. The van der Waals surface area contributed by atoms with Gasteiger partial charge in [0.15, 0.2) is 0 Å². The number of hydrogen-bond donors (Lipinski definition) is 0. The molecule has 0 aliphatic heterocycles. The highest BCUT2D eigenvalue weighted by atomic mass is 15.1. The molecule has 0 radical (unpaired) electrons. The third kappa shape index (κ3) is 6.29. The molecule has 0 bridgehead atoms. The number of fused-ring (bicyclic) bond motifs is 9. The average molecular weight is 791 g/mol. The number of nitrogens with zero attached hydrogens (tertiary/aromatic N) is 2. The topological polar surface area (TPSA) is 8.17 Å². The summed E-state index contributed by atoms with van der Waals surface area (Å²) in [5.74, 6) is 0. The van der Waals surface area contributed by atoms with Crippen LogP contribution in [0.5, 0.6) is 0 Å². The number of rotatable bonds is 9. The van der Waals surface area contributed by atoms with Gasteiger partial charge in [0, 0.05) is 33.5 Å². The lowest BCUT2D eigenvalue weighted by atomic mass is 9.94. The van der Waals surface area contributed by atoms with Crippen LogP contribution in [0.1, 0.15) is 5.56 Å². The Hall–Kier alpha value is -8.20. The van der Waals surface area contributed by atoms with Crippen molar-refractivity contribution in [2.75, 3.05) is 4.90 Å². The SMILES string of the molecule is C=C/C=C(\C=C)c1ccc(N(c2ccc(-c3ccccc3)cc2)c2ccc(-c3ccc4c(c3)c3ccccc3n4-c3ccc4c5ccccc5c5ccccc5c4c3)cc2)cc1. The molecular formula is C60H42N2. The number of benzene rings is 10. The Morgan fingerprint density at radius 2 is 0.839 bits per heavy atom. The summed E-state index contributed by atoms with van der Waals surface area (Å²) in [6.45, 7) is 7.91. The van der Waals surface area contributed by atoms with Crippen molar-refractivity contribution in [1.82, 2.24) is 4.57 Å². The standard InChI is InChI=1S/C60H42N2/c1-3-14-41(4-2)43-23-30-47(31-24-43)61(48-32-25-44(26-33-48)42-15-6-5-7-16-42)49-34-27-45(28-35-49)46-29-38-60-58(39-46)56-21-12-13-22-59(56)62(60)50-36-37-55-53-19-9-8-17-51(53)52-18-10-11-20-54(52)57(55)40-50/h3-40H,1-2H2/b41-14+. The molecule has 0 aliphatic carbocycles. The fourth-order valence-corrected chi connectivity index (χ4v) is 9.36. The van der Waals surface area contributed by atoms with E-state index >= 15 is 0 Å². The molecule has 2 heteroatoms. The van der Waals surface area contributed by atoms with E-state index in [1.165, 1.54) is 70.8 Å². The summed E-state index contributed by atoms with van der Waals surface area (Å²) in [7, 11) is 0. The Balaban J connectivity index is 0.991. The maximum atomic E-state index is 4.02. The Morgan fingerprint density at radius 3 is 1.44 bits per heavy atom. The summed E-state index contributed by atoms with van der Waals surface area (Å²) in [6.07, 6.45) is 5.66. The van der Waals surface area contributed by atoms with Crippen LogP contribution in [0.25, 0.3) is 87.6 Å². The summed E-state index contributed by atoms with van der Waals surface area (Å²) >= 11 is 0. The number of anilines is 3. The van der Waals surface area contributed by atoms with Gasteiger partial charge in [0.25, 0.3) is 0 Å². The summed E-state index contributed by atoms with van der Waals surface area (Å²) < 4.78 is 2.43. The first-order valence-electron chi connectivity index (χ1n) is 21.2. The zero-order valence-electron chi connectivity index (χ0n) is 34.2. The minimum absolute atomic E-state index is 1.04. The second-order valence-electron chi connectivity index (χ2n) is 15.8. The average Bonchev–Trinajstić information content (AvgIpc) is 3.68. The minimum Gasteiger partial charge on any atom is -0.311 e. The molecule has 0 spiro atoms. The number of hydrogen-bond acceptors (Lipinski definition) is 1. The van der Waals surface area contributed by atoms with E-state index in [2.05, 4.69) is 235 Å². The van der Waals surface area contributed by atoms with Crippen LogP contribution in [0.3, 0.4) is 0 Å². The van der Waals surface area contributed by atoms with Crippen LogP contribution in [-0.4, -0.2) is 4.57 Å². The van der Waals surface area contributed by atoms with Gasteiger partial charge in [-0.25, -0.2) is 0 Å². The molecule has 0 N–H and O–H groups in total. The normalized spacial score (nSPS) is 11.8. The third-order valence-electron chi connectivity index (χ3n) is 12.3. The lowest BCUT2D eigenvalue weighted by Crippen LogP contribution is -2.09. The predicted molar refractivity (Wildman–Crippen MR) is 267 cm³/mol. The molecule has 62 heavy (non-hydrogen) atoms. The first kappa shape index (κ1) is 36.8. The van der Waals surface area contributed by atoms with Crippen LogP contribution in [-0.2, 0) is 0 Å². The molecule has 2 nitrogen and oxygen atoms in total. The van der Waals surface area contributed by atoms with Gasteiger partial charge in [0.05, 0.1) is 11.0 Å². The van der Waals surface area contributed by atoms with Crippen molar-refractivity contribution in [2.45, 2.75) is 0 Å². The van der Waals surface area contributed by atoms with Crippen LogP contribution in [0.2, 0.25) is 0 Å². The summed E-state index contributed by atoms with van der Waals surface area (Å²) in [5.41, 5.74) is 13.6. The Bertz CT molecular complexity index is 3480. The van der Waals surface area contributed by atoms with Crippen molar-refractivity contribution in [3.8, 4) is 27.9 Å². The highest BCUT2D eigenvalue weighted by molar-refractivity contribution is 6.25. The van der Waals surface area contributed by atoms with Gasteiger partial charge in [-0.15, -0.1) is 0 Å². The van der Waals surface area contributed by atoms with E-state index in [0.717, 1.165) is 39.4 Å². The van der Waals surface area contributed by atoms with E-state index in [9.17, 15) is 0 Å². The van der Waals surface area contributed by atoms with Crippen molar-refractivity contribution in [3.63, 3.8) is 0 Å². The molecule has 11 aromatic rings. The van der Waals surface area contributed by atoms with Gasteiger partial charge >= 0.3 is 0 Å². The van der Waals surface area contributed by atoms with Crippen molar-refractivity contribution in [3.05, 3.63) is 249 Å². The first-order chi connectivity index (χ1) is 30.7. The highest BCUT2D eigenvalue weighted by Gasteiger charge is 2.17. The predicted octanol–water partition coefficient (Wildman–Crippen LogP) is 16.8. The van der Waals surface area contributed by atoms with E-state index in [4.69, 9.17) is 0 Å². The van der Waals surface area contributed by atoms with Gasteiger partial charge in [0.1, 0.15) is 0 Å². The summed E-state index contributed by atoms with van der Waals surface area (Å²) in [5, 5.41) is 10.1. The maximum absolute atomic E-state index is 4.02. The molecule has 0 atom stereocenters. The number of aromatic nitrogens is 1. The first-order valence-corrected chi connectivity index (χ1v) is 21.2. The van der Waals surface area contributed by atoms with Crippen molar-refractivity contribution < 1.29 is 0 Å². The molecule has 0 amide bonds. The molecular weight excluding hydrogens is 749 g/mol. The van der Waals surface area contributed by atoms with Crippen molar-refractivity contribution in [2.24, 2.45) is 0 Å². The summed E-state index contributed by atoms with van der Waals surface area (Å²) in [4.78, 5) is 2.32. The molecule has 0 saturated heterocycles. The van der Waals surface area contributed by atoms with Gasteiger partial charge in [-0.3, -0.25) is 0 Å². The van der Waals surface area contributed by atoms with Crippen LogP contribution in [0, 0.1) is 0 Å². The van der Waals surface area contributed by atoms with Crippen molar-refractivity contribution >= 4 is 76.8 Å². The van der Waals surface area contributed by atoms with Gasteiger partial charge < -0.3 is 9.47 Å². The smallest absolute Gasteiger partial charge is 0.0541 e. The zero-order valence-corrected chi connectivity index (χ0v) is 34.2. The fraction of sp³-hybridized carbons (Fsp3) is 0. The highest BCUT2D eigenvalue weighted by Crippen LogP contribution is 2.41. The molecule has 1 heterocycles. The maximum Gasteiger partial charge on any atom is 0.0541 e. The molecule has 0 saturated carbocycles. The van der Waals surface area contributed by atoms with Gasteiger partial charge in [-0.1, -0.05) is 177 Å². The van der Waals surface area contributed by atoms with Crippen LogP contribution in [0.15, 0.2) is 244 Å². The third-order valence-corrected chi connectivity index (χ3v) is 12.3. The van der Waals surface area contributed by atoms with Crippen molar-refractivity contribution in [1.29, 1.82) is 0 Å². The summed E-state index contributed by atoms with van der Waals surface area (Å²) in [6, 6.07) is 77.2. The Morgan fingerprint density at radius 1 is 0.371 bits per heavy atom. The second-order valence-corrected chi connectivity index (χ2v) is 15.8. The van der Waals surface area contributed by atoms with E-state index < -0.39 is 0 Å². The molecule has 0 aliphatic rings. The molecule has 11 rings (SSSR count). The lowest BCUT2D eigenvalue weighted by molar-refractivity contribution is 1.19. The molecule has 1 aromatic heterocycles.